The molecule has 4 aromatic rings. The van der Waals surface area contributed by atoms with E-state index in [1.165, 1.54) is 4.31 Å². The average molecular weight is 581 g/mol. The van der Waals surface area contributed by atoms with E-state index in [9.17, 15) is 13.2 Å². The fourth-order valence-corrected chi connectivity index (χ4v) is 5.80. The molecule has 0 aliphatic heterocycles. The van der Waals surface area contributed by atoms with Crippen molar-refractivity contribution < 1.29 is 17.6 Å². The molecule has 3 aromatic carbocycles. The summed E-state index contributed by atoms with van der Waals surface area (Å²) < 4.78 is 32.4. The van der Waals surface area contributed by atoms with Gasteiger partial charge in [-0.05, 0) is 67.6 Å². The highest BCUT2D eigenvalue weighted by Crippen LogP contribution is 2.32. The Morgan fingerprint density at radius 1 is 1.07 bits per heavy atom. The smallest absolute Gasteiger partial charge is 0.247 e. The molecule has 0 bridgehead atoms. The number of carbonyl (C=O) groups is 1. The van der Waals surface area contributed by atoms with Gasteiger partial charge in [0.15, 0.2) is 5.78 Å². The highest BCUT2D eigenvalue weighted by atomic mass is 35.5. The summed E-state index contributed by atoms with van der Waals surface area (Å²) >= 11 is 6.15. The summed E-state index contributed by atoms with van der Waals surface area (Å²) in [6.45, 7) is 5.66. The van der Waals surface area contributed by atoms with Gasteiger partial charge in [-0.2, -0.15) is 0 Å². The Hall–Kier alpha value is -3.53. The molecule has 2 N–H and O–H groups in total. The van der Waals surface area contributed by atoms with Crippen molar-refractivity contribution in [3.8, 4) is 11.5 Å². The van der Waals surface area contributed by atoms with E-state index in [0.29, 0.717) is 28.3 Å². The zero-order chi connectivity index (χ0) is 29.1. The summed E-state index contributed by atoms with van der Waals surface area (Å²) in [5, 5.41) is 9.01. The molecule has 2 atom stereocenters. The normalized spacial score (nSPS) is 13.9. The highest BCUT2D eigenvalue weighted by Gasteiger charge is 2.29. The van der Waals surface area contributed by atoms with Gasteiger partial charge >= 0.3 is 0 Å². The van der Waals surface area contributed by atoms with Gasteiger partial charge in [0, 0.05) is 29.1 Å². The molecule has 1 heterocycles. The Morgan fingerprint density at radius 3 is 2.45 bits per heavy atom. The fourth-order valence-electron chi connectivity index (χ4n) is 4.64. The molecule has 0 aliphatic rings. The predicted octanol–water partition coefficient (Wildman–Crippen LogP) is 5.97. The number of sulfonamides is 1. The van der Waals surface area contributed by atoms with E-state index < -0.39 is 15.6 Å². The van der Waals surface area contributed by atoms with Crippen molar-refractivity contribution >= 4 is 33.1 Å². The quantitative estimate of drug-likeness (QED) is 0.217. The fraction of sp³-hybridized carbons (Fsp3) is 0.300. The number of Topliss-reactive ketones (excluding diaryl/α,β-unsaturated/α-hetero) is 1. The number of hydrogen-bond donors (Lipinski definition) is 1. The molecule has 0 aliphatic carbocycles. The molecule has 4 rings (SSSR count). The number of rotatable bonds is 11. The van der Waals surface area contributed by atoms with Gasteiger partial charge in [-0.25, -0.2) is 8.42 Å². The number of anilines is 1. The lowest BCUT2D eigenvalue weighted by atomic mass is 9.92. The van der Waals surface area contributed by atoms with Crippen molar-refractivity contribution in [2.45, 2.75) is 45.1 Å². The third-order valence-corrected chi connectivity index (χ3v) is 8.20. The van der Waals surface area contributed by atoms with Crippen molar-refractivity contribution in [1.29, 1.82) is 0 Å². The van der Waals surface area contributed by atoms with E-state index in [0.717, 1.165) is 17.4 Å². The molecular weight excluding hydrogens is 548 g/mol. The Bertz CT molecular complexity index is 1600. The van der Waals surface area contributed by atoms with Crippen molar-refractivity contribution in [2.75, 3.05) is 17.1 Å². The van der Waals surface area contributed by atoms with Gasteiger partial charge in [0.2, 0.25) is 21.8 Å². The summed E-state index contributed by atoms with van der Waals surface area (Å²) in [7, 11) is -3.61. The van der Waals surface area contributed by atoms with Crippen LogP contribution in [0.25, 0.3) is 11.5 Å². The molecule has 0 amide bonds. The van der Waals surface area contributed by atoms with E-state index in [2.05, 4.69) is 10.2 Å². The standard InChI is InChI=1S/C30H33ClN4O4S/c1-5-35(40(4,37)38)26-17-23(27(36)14-20(2)22-12-9-13-25(31)16-22)15-24(18-26)28-33-34-29(39-28)30(3,32)19-21-10-7-6-8-11-21/h6-13,15-18,20H,5,14,19,32H2,1-4H3/t20-,30+/m0/s1. The van der Waals surface area contributed by atoms with Crippen molar-refractivity contribution in [1.82, 2.24) is 10.2 Å². The maximum atomic E-state index is 13.5. The molecular formula is C30H33ClN4O4S. The van der Waals surface area contributed by atoms with E-state index >= 15 is 0 Å². The minimum atomic E-state index is -3.61. The lowest BCUT2D eigenvalue weighted by Crippen LogP contribution is -2.35. The molecule has 10 heteroatoms. The third kappa shape index (κ3) is 6.96. The van der Waals surface area contributed by atoms with Crippen LogP contribution in [0.1, 0.15) is 60.5 Å². The van der Waals surface area contributed by atoms with Gasteiger partial charge in [0.05, 0.1) is 17.5 Å². The van der Waals surface area contributed by atoms with Crippen LogP contribution in [0.15, 0.2) is 77.2 Å². The molecule has 0 saturated carbocycles. The summed E-state index contributed by atoms with van der Waals surface area (Å²) in [5.41, 5.74) is 8.67. The second kappa shape index (κ2) is 11.9. The highest BCUT2D eigenvalue weighted by molar-refractivity contribution is 7.92. The minimum Gasteiger partial charge on any atom is -0.419 e. The van der Waals surface area contributed by atoms with Crippen LogP contribution in [0.2, 0.25) is 5.02 Å². The molecule has 0 unspecified atom stereocenters. The number of carbonyl (C=O) groups excluding carboxylic acids is 1. The summed E-state index contributed by atoms with van der Waals surface area (Å²) in [4.78, 5) is 13.5. The lowest BCUT2D eigenvalue weighted by Gasteiger charge is -2.22. The van der Waals surface area contributed by atoms with Gasteiger partial charge in [-0.3, -0.25) is 9.10 Å². The number of benzene rings is 3. The van der Waals surface area contributed by atoms with Crippen LogP contribution in [-0.4, -0.2) is 37.2 Å². The minimum absolute atomic E-state index is 0.110. The number of nitrogens with zero attached hydrogens (tertiary/aromatic N) is 3. The van der Waals surface area contributed by atoms with Crippen LogP contribution in [0.3, 0.4) is 0 Å². The first-order chi connectivity index (χ1) is 18.9. The van der Waals surface area contributed by atoms with E-state index in [4.69, 9.17) is 21.8 Å². The number of hydrogen-bond acceptors (Lipinski definition) is 7. The predicted molar refractivity (Wildman–Crippen MR) is 158 cm³/mol. The number of aromatic nitrogens is 2. The molecule has 0 saturated heterocycles. The first kappa shape index (κ1) is 29.5. The van der Waals surface area contributed by atoms with Gasteiger partial charge in [0.25, 0.3) is 0 Å². The number of nitrogens with two attached hydrogens (primary N) is 1. The van der Waals surface area contributed by atoms with Crippen molar-refractivity contribution in [3.63, 3.8) is 0 Å². The second-order valence-electron chi connectivity index (χ2n) is 10.3. The summed E-state index contributed by atoms with van der Waals surface area (Å²) in [5.74, 6) is 0.104. The average Bonchev–Trinajstić information content (AvgIpc) is 3.40. The van der Waals surface area contributed by atoms with Crippen LogP contribution in [0, 0.1) is 0 Å². The molecule has 0 radical (unpaired) electrons. The van der Waals surface area contributed by atoms with E-state index in [-0.39, 0.29) is 36.4 Å². The van der Waals surface area contributed by atoms with Crippen LogP contribution >= 0.6 is 11.6 Å². The molecule has 8 nitrogen and oxygen atoms in total. The third-order valence-electron chi connectivity index (χ3n) is 6.70. The second-order valence-corrected chi connectivity index (χ2v) is 12.6. The number of ketones is 1. The monoisotopic (exact) mass is 580 g/mol. The van der Waals surface area contributed by atoms with Crippen LogP contribution in [0.5, 0.6) is 0 Å². The maximum absolute atomic E-state index is 13.5. The Labute approximate surface area is 240 Å². The number of halogens is 1. The summed E-state index contributed by atoms with van der Waals surface area (Å²) in [6, 6.07) is 22.0. The lowest BCUT2D eigenvalue weighted by molar-refractivity contribution is 0.0975. The largest absolute Gasteiger partial charge is 0.419 e. The zero-order valence-corrected chi connectivity index (χ0v) is 24.5. The van der Waals surface area contributed by atoms with Crippen molar-refractivity contribution in [2.24, 2.45) is 5.73 Å². The van der Waals surface area contributed by atoms with Gasteiger partial charge in [-0.15, -0.1) is 10.2 Å². The Balaban J connectivity index is 1.71. The zero-order valence-electron chi connectivity index (χ0n) is 23.0. The van der Waals surface area contributed by atoms with Gasteiger partial charge in [0.1, 0.15) is 0 Å². The maximum Gasteiger partial charge on any atom is 0.247 e. The molecule has 210 valence electrons. The van der Waals surface area contributed by atoms with E-state index in [1.807, 2.05) is 62.4 Å². The first-order valence-electron chi connectivity index (χ1n) is 13.0. The van der Waals surface area contributed by atoms with Crippen LogP contribution in [-0.2, 0) is 22.0 Å². The van der Waals surface area contributed by atoms with Crippen LogP contribution in [0.4, 0.5) is 5.69 Å². The molecule has 0 spiro atoms. The molecule has 1 aromatic heterocycles. The Morgan fingerprint density at radius 2 is 1.80 bits per heavy atom. The molecule has 40 heavy (non-hydrogen) atoms. The summed E-state index contributed by atoms with van der Waals surface area (Å²) in [6.07, 6.45) is 1.79. The van der Waals surface area contributed by atoms with E-state index in [1.54, 1.807) is 31.2 Å². The van der Waals surface area contributed by atoms with Crippen molar-refractivity contribution in [3.05, 3.63) is 100 Å². The SMILES string of the molecule is CCN(c1cc(C(=O)C[C@H](C)c2cccc(Cl)c2)cc(-c2nnc([C@](C)(N)Cc3ccccc3)o2)c1)S(C)(=O)=O. The first-order valence-corrected chi connectivity index (χ1v) is 15.2. The van der Waals surface area contributed by atoms with Crippen LogP contribution < -0.4 is 10.0 Å². The van der Waals surface area contributed by atoms with Gasteiger partial charge < -0.3 is 10.2 Å². The van der Waals surface area contributed by atoms with Gasteiger partial charge in [-0.1, -0.05) is 61.0 Å². The Kier molecular flexibility index (Phi) is 8.77. The topological polar surface area (TPSA) is 119 Å². The molecule has 0 fully saturated rings.